The molecule has 23 heavy (non-hydrogen) atoms. The van der Waals surface area contributed by atoms with Crippen molar-refractivity contribution in [2.24, 2.45) is 0 Å². The van der Waals surface area contributed by atoms with E-state index in [-0.39, 0.29) is 5.91 Å². The average Bonchev–Trinajstić information content (AvgIpc) is 2.79. The first-order chi connectivity index (χ1) is 11.0. The van der Waals surface area contributed by atoms with Gasteiger partial charge in [0.1, 0.15) is 0 Å². The highest BCUT2D eigenvalue weighted by Gasteiger charge is 2.33. The van der Waals surface area contributed by atoms with Crippen LogP contribution in [-0.4, -0.2) is 10.2 Å². The van der Waals surface area contributed by atoms with E-state index < -0.39 is 0 Å². The monoisotopic (exact) mass is 399 g/mol. The molecule has 1 aliphatic rings. The van der Waals surface area contributed by atoms with Gasteiger partial charge >= 0.3 is 0 Å². The van der Waals surface area contributed by atoms with Gasteiger partial charge in [0, 0.05) is 20.6 Å². The summed E-state index contributed by atoms with van der Waals surface area (Å²) >= 11 is 24.7. The molecule has 0 radical (unpaired) electrons. The average molecular weight is 401 g/mol. The Hall–Kier alpha value is -1.04. The van der Waals surface area contributed by atoms with E-state index in [1.807, 2.05) is 0 Å². The number of anilines is 1. The summed E-state index contributed by atoms with van der Waals surface area (Å²) in [7, 11) is 0. The van der Waals surface area contributed by atoms with Crippen molar-refractivity contribution in [3.8, 4) is 0 Å². The third-order valence-corrected chi connectivity index (χ3v) is 5.37. The molecule has 1 aliphatic heterocycles. The second-order valence-corrected chi connectivity index (χ2v) is 7.56. The molecule has 0 unspecified atom stereocenters. The number of carbonyl (C=O) groups is 1. The molecular formula is C16H8Cl3NOS2. The van der Waals surface area contributed by atoms with E-state index in [0.29, 0.717) is 35.5 Å². The van der Waals surface area contributed by atoms with Gasteiger partial charge in [-0.2, -0.15) is 0 Å². The number of thiocarbonyl (C=S) groups is 1. The first-order valence-corrected chi connectivity index (χ1v) is 8.81. The van der Waals surface area contributed by atoms with Crippen LogP contribution in [0.1, 0.15) is 5.56 Å². The Labute approximate surface area is 158 Å². The van der Waals surface area contributed by atoms with Crippen LogP contribution in [-0.2, 0) is 4.79 Å². The van der Waals surface area contributed by atoms with Crippen LogP contribution < -0.4 is 4.90 Å². The van der Waals surface area contributed by atoms with Gasteiger partial charge in [-0.25, -0.2) is 0 Å². The number of hydrogen-bond acceptors (Lipinski definition) is 3. The van der Waals surface area contributed by atoms with Gasteiger partial charge in [-0.05, 0) is 42.5 Å². The van der Waals surface area contributed by atoms with Crippen molar-refractivity contribution in [1.82, 2.24) is 0 Å². The summed E-state index contributed by atoms with van der Waals surface area (Å²) in [6, 6.07) is 12.1. The summed E-state index contributed by atoms with van der Waals surface area (Å²) in [6.07, 6.45) is 1.67. The van der Waals surface area contributed by atoms with Gasteiger partial charge in [0.25, 0.3) is 5.91 Å². The molecule has 2 aromatic carbocycles. The first kappa shape index (κ1) is 16.8. The number of thioether (sulfide) groups is 1. The molecule has 0 aliphatic carbocycles. The molecule has 0 N–H and O–H groups in total. The number of benzene rings is 2. The molecule has 2 aromatic rings. The fourth-order valence-corrected chi connectivity index (χ4v) is 3.97. The summed E-state index contributed by atoms with van der Waals surface area (Å²) in [5, 5.41) is 1.56. The quantitative estimate of drug-likeness (QED) is 0.452. The van der Waals surface area contributed by atoms with E-state index in [4.69, 9.17) is 47.0 Å². The maximum atomic E-state index is 12.7. The highest BCUT2D eigenvalue weighted by atomic mass is 35.5. The first-order valence-electron chi connectivity index (χ1n) is 6.45. The number of amides is 1. The molecule has 1 amide bonds. The van der Waals surface area contributed by atoms with Crippen LogP contribution in [0.4, 0.5) is 5.69 Å². The maximum Gasteiger partial charge on any atom is 0.270 e. The van der Waals surface area contributed by atoms with Crippen molar-refractivity contribution < 1.29 is 4.79 Å². The minimum absolute atomic E-state index is 0.210. The fourth-order valence-electron chi connectivity index (χ4n) is 2.06. The highest BCUT2D eigenvalue weighted by Crippen LogP contribution is 2.38. The Morgan fingerprint density at radius 2 is 1.61 bits per heavy atom. The van der Waals surface area contributed by atoms with Gasteiger partial charge < -0.3 is 0 Å². The topological polar surface area (TPSA) is 20.3 Å². The van der Waals surface area contributed by atoms with Crippen molar-refractivity contribution in [3.05, 3.63) is 68.0 Å². The Balaban J connectivity index is 1.98. The Bertz CT molecular complexity index is 813. The van der Waals surface area contributed by atoms with Crippen molar-refractivity contribution in [3.63, 3.8) is 0 Å². The van der Waals surface area contributed by atoms with Gasteiger partial charge in [-0.15, -0.1) is 0 Å². The standard InChI is InChI=1S/C16H8Cl3NOS2/c17-9-4-6-10(7-5-9)20-15(21)14(23-16(20)22)8-11-12(18)2-1-3-13(11)19/h1-8H/b14-8+. The minimum Gasteiger partial charge on any atom is -0.268 e. The molecule has 0 saturated carbocycles. The third kappa shape index (κ3) is 3.42. The van der Waals surface area contributed by atoms with Gasteiger partial charge in [0.15, 0.2) is 4.32 Å². The molecule has 1 saturated heterocycles. The van der Waals surface area contributed by atoms with Crippen molar-refractivity contribution in [1.29, 1.82) is 0 Å². The zero-order chi connectivity index (χ0) is 16.6. The highest BCUT2D eigenvalue weighted by molar-refractivity contribution is 8.27. The third-order valence-electron chi connectivity index (χ3n) is 3.15. The number of rotatable bonds is 2. The van der Waals surface area contributed by atoms with Crippen LogP contribution in [0.5, 0.6) is 0 Å². The van der Waals surface area contributed by atoms with Crippen molar-refractivity contribution >= 4 is 80.8 Å². The molecule has 3 rings (SSSR count). The van der Waals surface area contributed by atoms with Crippen LogP contribution in [0.3, 0.4) is 0 Å². The van der Waals surface area contributed by atoms with E-state index in [1.165, 1.54) is 16.7 Å². The zero-order valence-corrected chi connectivity index (χ0v) is 15.3. The van der Waals surface area contributed by atoms with E-state index in [2.05, 4.69) is 0 Å². The summed E-state index contributed by atoms with van der Waals surface area (Å²) in [5.74, 6) is -0.210. The summed E-state index contributed by atoms with van der Waals surface area (Å²) in [4.78, 5) is 14.6. The normalized spacial score (nSPS) is 16.5. The lowest BCUT2D eigenvalue weighted by Gasteiger charge is -2.14. The van der Waals surface area contributed by atoms with Crippen molar-refractivity contribution in [2.75, 3.05) is 4.90 Å². The molecule has 116 valence electrons. The van der Waals surface area contributed by atoms with Crippen LogP contribution in [0.25, 0.3) is 6.08 Å². The SMILES string of the molecule is O=C1/C(=C\c2c(Cl)cccc2Cl)SC(=S)N1c1ccc(Cl)cc1. The summed E-state index contributed by atoms with van der Waals surface area (Å²) < 4.78 is 0.451. The van der Waals surface area contributed by atoms with E-state index in [0.717, 1.165) is 0 Å². The zero-order valence-electron chi connectivity index (χ0n) is 11.4. The largest absolute Gasteiger partial charge is 0.270 e. The van der Waals surface area contributed by atoms with Crippen molar-refractivity contribution in [2.45, 2.75) is 0 Å². The minimum atomic E-state index is -0.210. The number of hydrogen-bond donors (Lipinski definition) is 0. The predicted molar refractivity (Wildman–Crippen MR) is 104 cm³/mol. The van der Waals surface area contributed by atoms with E-state index >= 15 is 0 Å². The molecule has 2 nitrogen and oxygen atoms in total. The molecule has 1 fully saturated rings. The summed E-state index contributed by atoms with van der Waals surface area (Å²) in [5.41, 5.74) is 1.28. The molecule has 0 spiro atoms. The maximum absolute atomic E-state index is 12.7. The molecule has 0 atom stereocenters. The molecule has 7 heteroatoms. The Morgan fingerprint density at radius 3 is 2.22 bits per heavy atom. The van der Waals surface area contributed by atoms with Gasteiger partial charge in [-0.3, -0.25) is 9.69 Å². The summed E-state index contributed by atoms with van der Waals surface area (Å²) in [6.45, 7) is 0. The predicted octanol–water partition coefficient (Wildman–Crippen LogP) is 6.05. The van der Waals surface area contributed by atoms with Gasteiger partial charge in [0.2, 0.25) is 0 Å². The van der Waals surface area contributed by atoms with Crippen LogP contribution in [0.15, 0.2) is 47.4 Å². The van der Waals surface area contributed by atoms with E-state index in [1.54, 1.807) is 48.5 Å². The lowest BCUT2D eigenvalue weighted by molar-refractivity contribution is -0.113. The molecule has 0 aromatic heterocycles. The molecular weight excluding hydrogens is 393 g/mol. The lowest BCUT2D eigenvalue weighted by atomic mass is 10.2. The van der Waals surface area contributed by atoms with Gasteiger partial charge in [0.05, 0.1) is 10.6 Å². The number of carbonyl (C=O) groups excluding carboxylic acids is 1. The van der Waals surface area contributed by atoms with E-state index in [9.17, 15) is 4.79 Å². The Kier molecular flexibility index (Phi) is 4.99. The van der Waals surface area contributed by atoms with Gasteiger partial charge in [-0.1, -0.05) is 64.8 Å². The van der Waals surface area contributed by atoms with Crippen LogP contribution in [0, 0.1) is 0 Å². The number of nitrogens with zero attached hydrogens (tertiary/aromatic N) is 1. The molecule has 1 heterocycles. The smallest absolute Gasteiger partial charge is 0.268 e. The second kappa shape index (κ2) is 6.83. The Morgan fingerprint density at radius 1 is 1.00 bits per heavy atom. The van der Waals surface area contributed by atoms with Crippen LogP contribution >= 0.6 is 58.8 Å². The number of halogens is 3. The molecule has 0 bridgehead atoms. The second-order valence-electron chi connectivity index (χ2n) is 4.63. The van der Waals surface area contributed by atoms with Crippen LogP contribution in [0.2, 0.25) is 15.1 Å². The fraction of sp³-hybridized carbons (Fsp3) is 0. The lowest BCUT2D eigenvalue weighted by Crippen LogP contribution is -2.27.